The fraction of sp³-hybridized carbons (Fsp3) is 0.462. The lowest BCUT2D eigenvalue weighted by molar-refractivity contribution is -0.140. The van der Waals surface area contributed by atoms with Gasteiger partial charge in [0.1, 0.15) is 5.25 Å². The molecule has 0 aliphatic carbocycles. The molecule has 0 aromatic heterocycles. The monoisotopic (exact) mass is 272 g/mol. The van der Waals surface area contributed by atoms with Crippen LogP contribution in [0, 0.1) is 0 Å². The number of halogens is 1. The van der Waals surface area contributed by atoms with Gasteiger partial charge in [-0.25, -0.2) is 0 Å². The summed E-state index contributed by atoms with van der Waals surface area (Å²) >= 11 is 7.43. The second kappa shape index (κ2) is 7.62. The van der Waals surface area contributed by atoms with E-state index >= 15 is 0 Å². The molecule has 0 fully saturated rings. The summed E-state index contributed by atoms with van der Waals surface area (Å²) < 4.78 is 4.82. The molecule has 1 aromatic carbocycles. The minimum Gasteiger partial charge on any atom is -0.468 e. The average molecular weight is 273 g/mol. The number of hydrogen-bond donors (Lipinski definition) is 0. The molecule has 0 amide bonds. The Hall–Kier alpha value is -0.670. The smallest absolute Gasteiger partial charge is 0.319 e. The Morgan fingerprint density at radius 2 is 2.29 bits per heavy atom. The number of esters is 1. The molecule has 1 atom stereocenters. The number of hydrogen-bond acceptors (Lipinski definition) is 3. The number of thioether (sulfide) groups is 1. The number of ether oxygens (including phenoxy) is 1. The quantitative estimate of drug-likeness (QED) is 0.574. The van der Waals surface area contributed by atoms with E-state index in [2.05, 4.69) is 6.92 Å². The van der Waals surface area contributed by atoms with Gasteiger partial charge in [0.2, 0.25) is 0 Å². The molecule has 0 heterocycles. The first-order valence-corrected chi connectivity index (χ1v) is 6.93. The van der Waals surface area contributed by atoms with Crippen LogP contribution in [0.3, 0.4) is 0 Å². The van der Waals surface area contributed by atoms with Crippen LogP contribution in [0.2, 0.25) is 5.02 Å². The zero-order valence-electron chi connectivity index (χ0n) is 10.1. The first-order valence-electron chi connectivity index (χ1n) is 5.67. The average Bonchev–Trinajstić information content (AvgIpc) is 2.33. The van der Waals surface area contributed by atoms with Gasteiger partial charge in [0, 0.05) is 9.92 Å². The van der Waals surface area contributed by atoms with Crippen molar-refractivity contribution in [1.82, 2.24) is 0 Å². The topological polar surface area (TPSA) is 26.3 Å². The first-order chi connectivity index (χ1) is 8.17. The highest BCUT2D eigenvalue weighted by molar-refractivity contribution is 8.00. The molecule has 0 bridgehead atoms. The lowest BCUT2D eigenvalue weighted by Crippen LogP contribution is -2.18. The highest BCUT2D eigenvalue weighted by atomic mass is 35.5. The van der Waals surface area contributed by atoms with Crippen molar-refractivity contribution in [1.29, 1.82) is 0 Å². The van der Waals surface area contributed by atoms with Gasteiger partial charge >= 0.3 is 5.97 Å². The van der Waals surface area contributed by atoms with Crippen molar-refractivity contribution in [3.05, 3.63) is 29.3 Å². The van der Waals surface area contributed by atoms with Crippen LogP contribution in [-0.4, -0.2) is 18.3 Å². The maximum absolute atomic E-state index is 11.6. The van der Waals surface area contributed by atoms with Crippen LogP contribution in [0.25, 0.3) is 0 Å². The van der Waals surface area contributed by atoms with Crippen molar-refractivity contribution in [3.8, 4) is 0 Å². The predicted octanol–water partition coefficient (Wildman–Crippen LogP) is 4.16. The molecule has 4 heteroatoms. The molecule has 0 aliphatic rings. The van der Waals surface area contributed by atoms with Gasteiger partial charge in [-0.05, 0) is 24.6 Å². The van der Waals surface area contributed by atoms with E-state index in [1.165, 1.54) is 18.9 Å². The summed E-state index contributed by atoms with van der Waals surface area (Å²) in [4.78, 5) is 12.6. The minimum atomic E-state index is -0.163. The van der Waals surface area contributed by atoms with Crippen LogP contribution in [0.15, 0.2) is 29.2 Å². The van der Waals surface area contributed by atoms with Gasteiger partial charge in [-0.1, -0.05) is 37.4 Å². The first kappa shape index (κ1) is 14.4. The third kappa shape index (κ3) is 5.00. The highest BCUT2D eigenvalue weighted by Crippen LogP contribution is 2.29. The van der Waals surface area contributed by atoms with Gasteiger partial charge in [0.05, 0.1) is 7.11 Å². The number of carbonyl (C=O) groups is 1. The summed E-state index contributed by atoms with van der Waals surface area (Å²) in [7, 11) is 1.43. The molecule has 0 spiro atoms. The molecule has 0 saturated heterocycles. The zero-order chi connectivity index (χ0) is 12.7. The lowest BCUT2D eigenvalue weighted by Gasteiger charge is -2.13. The van der Waals surface area contributed by atoms with Crippen LogP contribution < -0.4 is 0 Å². The van der Waals surface area contributed by atoms with Gasteiger partial charge < -0.3 is 4.74 Å². The molecule has 2 nitrogen and oxygen atoms in total. The standard InChI is InChI=1S/C13H17ClO2S/c1-3-4-8-12(13(15)16-2)17-11-7-5-6-10(14)9-11/h5-7,9,12H,3-4,8H2,1-2H3. The lowest BCUT2D eigenvalue weighted by atomic mass is 10.2. The molecule has 0 radical (unpaired) electrons. The summed E-state index contributed by atoms with van der Waals surface area (Å²) in [5, 5.41) is 0.549. The Bertz CT molecular complexity index is 368. The molecule has 0 aliphatic heterocycles. The number of carbonyl (C=O) groups excluding carboxylic acids is 1. The van der Waals surface area contributed by atoms with Crippen LogP contribution in [0.4, 0.5) is 0 Å². The summed E-state index contributed by atoms with van der Waals surface area (Å²) in [5.74, 6) is -0.163. The summed E-state index contributed by atoms with van der Waals surface area (Å²) in [5.41, 5.74) is 0. The van der Waals surface area contributed by atoms with E-state index in [0.29, 0.717) is 5.02 Å². The maximum Gasteiger partial charge on any atom is 0.319 e. The van der Waals surface area contributed by atoms with Crippen molar-refractivity contribution >= 4 is 29.3 Å². The minimum absolute atomic E-state index is 0.140. The third-order valence-electron chi connectivity index (χ3n) is 2.36. The Morgan fingerprint density at radius 1 is 1.53 bits per heavy atom. The Balaban J connectivity index is 2.68. The van der Waals surface area contributed by atoms with Gasteiger partial charge in [-0.15, -0.1) is 11.8 Å². The van der Waals surface area contributed by atoms with E-state index in [9.17, 15) is 4.79 Å². The molecule has 1 unspecified atom stereocenters. The van der Waals surface area contributed by atoms with E-state index in [0.717, 1.165) is 24.2 Å². The number of unbranched alkanes of at least 4 members (excludes halogenated alkanes) is 1. The normalized spacial score (nSPS) is 12.2. The van der Waals surface area contributed by atoms with Crippen molar-refractivity contribution in [2.24, 2.45) is 0 Å². The molecule has 17 heavy (non-hydrogen) atoms. The molecular formula is C13H17ClO2S. The van der Waals surface area contributed by atoms with Crippen molar-refractivity contribution in [2.45, 2.75) is 36.3 Å². The van der Waals surface area contributed by atoms with Gasteiger partial charge in [0.15, 0.2) is 0 Å². The van der Waals surface area contributed by atoms with Gasteiger partial charge in [0.25, 0.3) is 0 Å². The molecule has 94 valence electrons. The summed E-state index contributed by atoms with van der Waals surface area (Å²) in [6.07, 6.45) is 2.93. The van der Waals surface area contributed by atoms with Gasteiger partial charge in [-0.2, -0.15) is 0 Å². The number of benzene rings is 1. The SMILES string of the molecule is CCCCC(Sc1cccc(Cl)c1)C(=O)OC. The molecule has 1 rings (SSSR count). The third-order valence-corrected chi connectivity index (χ3v) is 3.83. The number of rotatable bonds is 6. The van der Waals surface area contributed by atoms with Crippen LogP contribution in [0.5, 0.6) is 0 Å². The van der Waals surface area contributed by atoms with E-state index in [1.807, 2.05) is 24.3 Å². The Kier molecular flexibility index (Phi) is 6.45. The van der Waals surface area contributed by atoms with E-state index in [1.54, 1.807) is 0 Å². The highest BCUT2D eigenvalue weighted by Gasteiger charge is 2.19. The fourth-order valence-corrected chi connectivity index (χ4v) is 2.86. The van der Waals surface area contributed by atoms with Crippen molar-refractivity contribution < 1.29 is 9.53 Å². The summed E-state index contributed by atoms with van der Waals surface area (Å²) in [6, 6.07) is 7.54. The molecular weight excluding hydrogens is 256 g/mol. The molecule has 1 aromatic rings. The zero-order valence-corrected chi connectivity index (χ0v) is 11.7. The van der Waals surface area contributed by atoms with Crippen LogP contribution >= 0.6 is 23.4 Å². The van der Waals surface area contributed by atoms with Crippen LogP contribution in [-0.2, 0) is 9.53 Å². The number of methoxy groups -OCH3 is 1. The second-order valence-corrected chi connectivity index (χ2v) is 5.44. The van der Waals surface area contributed by atoms with Crippen molar-refractivity contribution in [3.63, 3.8) is 0 Å². The second-order valence-electron chi connectivity index (χ2n) is 3.73. The largest absolute Gasteiger partial charge is 0.468 e. The van der Waals surface area contributed by atoms with E-state index < -0.39 is 0 Å². The van der Waals surface area contributed by atoms with E-state index in [-0.39, 0.29) is 11.2 Å². The van der Waals surface area contributed by atoms with Gasteiger partial charge in [-0.3, -0.25) is 4.79 Å². The molecule has 0 saturated carbocycles. The predicted molar refractivity (Wildman–Crippen MR) is 72.6 cm³/mol. The fourth-order valence-electron chi connectivity index (χ4n) is 1.45. The van der Waals surface area contributed by atoms with Crippen LogP contribution in [0.1, 0.15) is 26.2 Å². The Labute approximate surface area is 112 Å². The maximum atomic E-state index is 11.6. The van der Waals surface area contributed by atoms with Crippen molar-refractivity contribution in [2.75, 3.05) is 7.11 Å². The Morgan fingerprint density at radius 3 is 2.88 bits per heavy atom. The molecule has 0 N–H and O–H groups in total. The van der Waals surface area contributed by atoms with E-state index in [4.69, 9.17) is 16.3 Å². The summed E-state index contributed by atoms with van der Waals surface area (Å²) in [6.45, 7) is 2.11.